The van der Waals surface area contributed by atoms with Crippen molar-refractivity contribution in [2.75, 3.05) is 26.2 Å². The molecule has 1 aliphatic carbocycles. The van der Waals surface area contributed by atoms with E-state index < -0.39 is 23.9 Å². The molecule has 12 nitrogen and oxygen atoms in total. The van der Waals surface area contributed by atoms with Gasteiger partial charge < -0.3 is 35.1 Å². The van der Waals surface area contributed by atoms with Crippen LogP contribution in [0.5, 0.6) is 0 Å². The Morgan fingerprint density at radius 3 is 1.89 bits per heavy atom. The Hall–Kier alpha value is -3.77. The molecule has 0 bridgehead atoms. The number of carbonyl (C=O) groups is 4. The van der Waals surface area contributed by atoms with Gasteiger partial charge in [0.15, 0.2) is 0 Å². The molecule has 0 atom stereocenters. The van der Waals surface area contributed by atoms with Crippen LogP contribution in [0.25, 0.3) is 11.0 Å². The number of benzene rings is 1. The van der Waals surface area contributed by atoms with Gasteiger partial charge >= 0.3 is 29.5 Å². The Balaban J connectivity index is 0.000000425. The van der Waals surface area contributed by atoms with E-state index in [0.29, 0.717) is 6.54 Å². The van der Waals surface area contributed by atoms with Crippen molar-refractivity contribution >= 4 is 34.8 Å². The SMILES string of the molecule is CCN(CC)CCNCc1cc(=O)oc2cc3c(cc12)CCC3.O=C(O)C(=O)O.O=C(O)C(=O)O. The minimum absolute atomic E-state index is 0.254. The van der Waals surface area contributed by atoms with Crippen molar-refractivity contribution in [3.8, 4) is 0 Å². The van der Waals surface area contributed by atoms with Crippen LogP contribution in [-0.2, 0) is 38.6 Å². The number of fused-ring (bicyclic) bond motifs is 2. The number of nitrogens with one attached hydrogen (secondary N) is 1. The predicted molar refractivity (Wildman–Crippen MR) is 125 cm³/mol. The molecule has 2 aromatic rings. The molecule has 3 rings (SSSR count). The van der Waals surface area contributed by atoms with Gasteiger partial charge in [0.25, 0.3) is 0 Å². The van der Waals surface area contributed by atoms with E-state index in [9.17, 15) is 4.79 Å². The van der Waals surface area contributed by atoms with E-state index in [0.717, 1.165) is 55.6 Å². The van der Waals surface area contributed by atoms with Gasteiger partial charge in [0.1, 0.15) is 5.58 Å². The monoisotopic (exact) mass is 494 g/mol. The number of aliphatic carboxylic acids is 4. The van der Waals surface area contributed by atoms with E-state index in [1.807, 2.05) is 0 Å². The van der Waals surface area contributed by atoms with Crippen LogP contribution in [0.2, 0.25) is 0 Å². The van der Waals surface area contributed by atoms with Crippen LogP contribution in [0, 0.1) is 0 Å². The lowest BCUT2D eigenvalue weighted by atomic mass is 10.0. The fourth-order valence-corrected chi connectivity index (χ4v) is 3.44. The van der Waals surface area contributed by atoms with Gasteiger partial charge in [-0.15, -0.1) is 0 Å². The highest BCUT2D eigenvalue weighted by Gasteiger charge is 2.15. The Labute approximate surface area is 200 Å². The van der Waals surface area contributed by atoms with Gasteiger partial charge in [-0.1, -0.05) is 13.8 Å². The first-order valence-corrected chi connectivity index (χ1v) is 10.9. The van der Waals surface area contributed by atoms with Gasteiger partial charge in [-0.25, -0.2) is 24.0 Å². The van der Waals surface area contributed by atoms with Gasteiger partial charge in [0.2, 0.25) is 0 Å². The number of hydrogen-bond donors (Lipinski definition) is 5. The molecule has 0 unspecified atom stereocenters. The van der Waals surface area contributed by atoms with Crippen LogP contribution in [0.4, 0.5) is 0 Å². The Bertz CT molecular complexity index is 1060. The largest absolute Gasteiger partial charge is 0.473 e. The number of carboxylic acids is 4. The van der Waals surface area contributed by atoms with Crippen LogP contribution in [0.3, 0.4) is 0 Å². The van der Waals surface area contributed by atoms with Crippen molar-refractivity contribution in [1.29, 1.82) is 0 Å². The van der Waals surface area contributed by atoms with Crippen molar-refractivity contribution in [3.05, 3.63) is 45.3 Å². The molecule has 35 heavy (non-hydrogen) atoms. The van der Waals surface area contributed by atoms with Crippen LogP contribution in [0.15, 0.2) is 27.4 Å². The molecule has 1 aliphatic rings. The summed E-state index contributed by atoms with van der Waals surface area (Å²) in [6, 6.07) is 5.93. The minimum atomic E-state index is -1.82. The molecule has 0 radical (unpaired) electrons. The van der Waals surface area contributed by atoms with E-state index in [2.05, 4.69) is 36.2 Å². The van der Waals surface area contributed by atoms with E-state index in [1.54, 1.807) is 6.07 Å². The first-order chi connectivity index (χ1) is 16.5. The summed E-state index contributed by atoms with van der Waals surface area (Å²) >= 11 is 0. The molecular weight excluding hydrogens is 464 g/mol. The first-order valence-electron chi connectivity index (χ1n) is 10.9. The van der Waals surface area contributed by atoms with Gasteiger partial charge in [0.05, 0.1) is 0 Å². The third-order valence-electron chi connectivity index (χ3n) is 5.22. The average molecular weight is 494 g/mol. The fraction of sp³-hybridized carbons (Fsp3) is 0.435. The van der Waals surface area contributed by atoms with Crippen molar-refractivity contribution in [1.82, 2.24) is 10.2 Å². The van der Waals surface area contributed by atoms with Gasteiger partial charge in [-0.05, 0) is 61.2 Å². The average Bonchev–Trinajstić information content (AvgIpc) is 3.25. The first kappa shape index (κ1) is 29.3. The minimum Gasteiger partial charge on any atom is -0.473 e. The highest BCUT2D eigenvalue weighted by molar-refractivity contribution is 6.27. The molecule has 1 aromatic carbocycles. The second-order valence-electron chi connectivity index (χ2n) is 7.49. The number of nitrogens with zero attached hydrogens (tertiary/aromatic N) is 1. The second kappa shape index (κ2) is 14.5. The number of carboxylic acid groups (broad SMARTS) is 4. The summed E-state index contributed by atoms with van der Waals surface area (Å²) in [5, 5.41) is 34.1. The molecule has 1 aromatic heterocycles. The van der Waals surface area contributed by atoms with Crippen LogP contribution < -0.4 is 10.9 Å². The highest BCUT2D eigenvalue weighted by Crippen LogP contribution is 2.28. The summed E-state index contributed by atoms with van der Waals surface area (Å²) in [6.07, 6.45) is 3.44. The molecule has 0 amide bonds. The summed E-state index contributed by atoms with van der Waals surface area (Å²) in [5.74, 6) is -7.30. The third-order valence-corrected chi connectivity index (χ3v) is 5.22. The lowest BCUT2D eigenvalue weighted by Gasteiger charge is -2.18. The molecule has 0 saturated carbocycles. The zero-order valence-electron chi connectivity index (χ0n) is 19.6. The van der Waals surface area contributed by atoms with Crippen molar-refractivity contribution < 1.29 is 44.0 Å². The second-order valence-corrected chi connectivity index (χ2v) is 7.49. The van der Waals surface area contributed by atoms with Crippen molar-refractivity contribution in [2.45, 2.75) is 39.7 Å². The van der Waals surface area contributed by atoms with Gasteiger partial charge in [-0.2, -0.15) is 0 Å². The van der Waals surface area contributed by atoms with Crippen LogP contribution in [-0.4, -0.2) is 75.4 Å². The number of aryl methyl sites for hydroxylation is 2. The molecule has 5 N–H and O–H groups in total. The quantitative estimate of drug-likeness (QED) is 0.209. The predicted octanol–water partition coefficient (Wildman–Crippen LogP) is 1.02. The molecule has 12 heteroatoms. The molecule has 0 spiro atoms. The van der Waals surface area contributed by atoms with E-state index >= 15 is 0 Å². The molecular formula is C23H30N2O10. The third kappa shape index (κ3) is 9.94. The topological polar surface area (TPSA) is 195 Å². The maximum absolute atomic E-state index is 11.8. The van der Waals surface area contributed by atoms with Gasteiger partial charge in [-0.3, -0.25) is 0 Å². The summed E-state index contributed by atoms with van der Waals surface area (Å²) in [4.78, 5) is 50.6. The lowest BCUT2D eigenvalue weighted by Crippen LogP contribution is -2.31. The maximum atomic E-state index is 11.8. The summed E-state index contributed by atoms with van der Waals surface area (Å²) in [6.45, 7) is 9.17. The summed E-state index contributed by atoms with van der Waals surface area (Å²) in [7, 11) is 0. The number of rotatable bonds is 7. The fourth-order valence-electron chi connectivity index (χ4n) is 3.44. The maximum Gasteiger partial charge on any atom is 0.414 e. The molecule has 0 saturated heterocycles. The van der Waals surface area contributed by atoms with Gasteiger partial charge in [0, 0.05) is 31.1 Å². The number of likely N-dealkylation sites (N-methyl/N-ethyl adjacent to an activating group) is 1. The van der Waals surface area contributed by atoms with E-state index in [4.69, 9.17) is 44.0 Å². The molecule has 192 valence electrons. The van der Waals surface area contributed by atoms with Crippen LogP contribution >= 0.6 is 0 Å². The lowest BCUT2D eigenvalue weighted by molar-refractivity contribution is -0.159. The van der Waals surface area contributed by atoms with E-state index in [-0.39, 0.29) is 5.63 Å². The zero-order chi connectivity index (χ0) is 26.5. The highest BCUT2D eigenvalue weighted by atomic mass is 16.4. The smallest absolute Gasteiger partial charge is 0.414 e. The Morgan fingerprint density at radius 1 is 0.886 bits per heavy atom. The van der Waals surface area contributed by atoms with Crippen molar-refractivity contribution in [3.63, 3.8) is 0 Å². The summed E-state index contributed by atoms with van der Waals surface area (Å²) in [5.41, 5.74) is 4.28. The van der Waals surface area contributed by atoms with Crippen molar-refractivity contribution in [2.24, 2.45) is 0 Å². The normalized spacial score (nSPS) is 11.6. The summed E-state index contributed by atoms with van der Waals surface area (Å²) < 4.78 is 5.42. The Kier molecular flexibility index (Phi) is 12.1. The zero-order valence-corrected chi connectivity index (χ0v) is 19.6. The number of hydrogen-bond acceptors (Lipinski definition) is 8. The van der Waals surface area contributed by atoms with E-state index in [1.165, 1.54) is 17.5 Å². The molecule has 0 fully saturated rings. The molecule has 1 heterocycles. The standard InChI is InChI=1S/C19H26N2O2.2C2H2O4/c1-3-21(4-2)9-8-20-13-16-12-19(22)23-18-11-15-7-5-6-14(15)10-17(16)18;2*3-1(4)2(5)6/h10-12,20H,3-9,13H2,1-2H3;2*(H,3,4)(H,5,6). The Morgan fingerprint density at radius 2 is 1.40 bits per heavy atom. The van der Waals surface area contributed by atoms with Crippen LogP contribution in [0.1, 0.15) is 37.0 Å². The molecule has 0 aliphatic heterocycles.